The Morgan fingerprint density at radius 2 is 1.90 bits per heavy atom. The second kappa shape index (κ2) is 6.47. The summed E-state index contributed by atoms with van der Waals surface area (Å²) in [6.45, 7) is 1.83. The highest BCUT2D eigenvalue weighted by atomic mass is 32.2. The van der Waals surface area contributed by atoms with E-state index in [1.54, 1.807) is 12.1 Å². The molecule has 0 aliphatic rings. The number of nitrogens with zero attached hydrogens (tertiary/aromatic N) is 1. The molecule has 0 atom stereocenters. The number of pyridine rings is 1. The van der Waals surface area contributed by atoms with Crippen LogP contribution in [-0.2, 0) is 0 Å². The van der Waals surface area contributed by atoms with E-state index in [1.807, 2.05) is 13.0 Å². The van der Waals surface area contributed by atoms with E-state index in [-0.39, 0.29) is 5.91 Å². The SMILES string of the molecule is Cc1cccc(NC(=O)c2ccc(SC(F)F)cc2)n1. The third-order valence-corrected chi connectivity index (χ3v) is 3.19. The van der Waals surface area contributed by atoms with Gasteiger partial charge in [-0.05, 0) is 43.3 Å². The molecule has 0 aliphatic carbocycles. The molecule has 1 heterocycles. The molecule has 1 aromatic heterocycles. The van der Waals surface area contributed by atoms with Gasteiger partial charge in [0.15, 0.2) is 0 Å². The second-order valence-electron chi connectivity index (χ2n) is 4.02. The van der Waals surface area contributed by atoms with Gasteiger partial charge in [0.1, 0.15) is 5.82 Å². The van der Waals surface area contributed by atoms with Crippen LogP contribution in [0.1, 0.15) is 16.1 Å². The van der Waals surface area contributed by atoms with Crippen LogP contribution in [-0.4, -0.2) is 16.6 Å². The van der Waals surface area contributed by atoms with Crippen LogP contribution in [0.15, 0.2) is 47.4 Å². The standard InChI is InChI=1S/C14H12F2N2OS/c1-9-3-2-4-12(17-9)18-13(19)10-5-7-11(8-6-10)20-14(15)16/h2-8,14H,1H3,(H,17,18,19). The molecule has 1 N–H and O–H groups in total. The zero-order valence-corrected chi connectivity index (χ0v) is 11.5. The minimum Gasteiger partial charge on any atom is -0.307 e. The number of aromatic nitrogens is 1. The normalized spacial score (nSPS) is 10.6. The number of nitrogens with one attached hydrogen (secondary N) is 1. The predicted molar refractivity (Wildman–Crippen MR) is 75.2 cm³/mol. The van der Waals surface area contributed by atoms with Gasteiger partial charge < -0.3 is 5.32 Å². The smallest absolute Gasteiger partial charge is 0.288 e. The fourth-order valence-electron chi connectivity index (χ4n) is 1.59. The van der Waals surface area contributed by atoms with E-state index in [4.69, 9.17) is 0 Å². The molecule has 3 nitrogen and oxygen atoms in total. The zero-order valence-electron chi connectivity index (χ0n) is 10.6. The molecule has 20 heavy (non-hydrogen) atoms. The monoisotopic (exact) mass is 294 g/mol. The first-order valence-electron chi connectivity index (χ1n) is 5.84. The molecule has 1 amide bonds. The molecule has 0 fully saturated rings. The highest BCUT2D eigenvalue weighted by Gasteiger charge is 2.09. The van der Waals surface area contributed by atoms with E-state index in [0.29, 0.717) is 28.0 Å². The predicted octanol–water partition coefficient (Wildman–Crippen LogP) is 3.96. The third kappa shape index (κ3) is 4.03. The van der Waals surface area contributed by atoms with E-state index in [1.165, 1.54) is 24.3 Å². The van der Waals surface area contributed by atoms with Gasteiger partial charge in [0, 0.05) is 16.2 Å². The molecule has 0 saturated carbocycles. The molecule has 0 spiro atoms. The van der Waals surface area contributed by atoms with Gasteiger partial charge in [-0.25, -0.2) is 4.98 Å². The molecule has 2 aromatic rings. The van der Waals surface area contributed by atoms with Crippen molar-refractivity contribution in [1.82, 2.24) is 4.98 Å². The summed E-state index contributed by atoms with van der Waals surface area (Å²) in [5.74, 6) is -2.33. The maximum absolute atomic E-state index is 12.2. The number of thioether (sulfide) groups is 1. The summed E-state index contributed by atoms with van der Waals surface area (Å²) in [4.78, 5) is 16.5. The minimum atomic E-state index is -2.47. The lowest BCUT2D eigenvalue weighted by atomic mass is 10.2. The van der Waals surface area contributed by atoms with Gasteiger partial charge in [-0.1, -0.05) is 17.8 Å². The maximum atomic E-state index is 12.2. The van der Waals surface area contributed by atoms with E-state index >= 15 is 0 Å². The zero-order chi connectivity index (χ0) is 14.5. The topological polar surface area (TPSA) is 42.0 Å². The first kappa shape index (κ1) is 14.5. The molecule has 1 aromatic carbocycles. The van der Waals surface area contributed by atoms with Gasteiger partial charge in [0.2, 0.25) is 0 Å². The van der Waals surface area contributed by atoms with Gasteiger partial charge in [0.05, 0.1) is 0 Å². The maximum Gasteiger partial charge on any atom is 0.288 e. The first-order chi connectivity index (χ1) is 9.54. The van der Waals surface area contributed by atoms with E-state index in [9.17, 15) is 13.6 Å². The molecule has 2 rings (SSSR count). The van der Waals surface area contributed by atoms with Crippen molar-refractivity contribution in [1.29, 1.82) is 0 Å². The number of alkyl halides is 2. The number of anilines is 1. The van der Waals surface area contributed by atoms with E-state index in [0.717, 1.165) is 5.69 Å². The van der Waals surface area contributed by atoms with Crippen molar-refractivity contribution in [3.05, 3.63) is 53.7 Å². The van der Waals surface area contributed by atoms with Crippen molar-refractivity contribution in [3.8, 4) is 0 Å². The Hall–Kier alpha value is -1.95. The summed E-state index contributed by atoms with van der Waals surface area (Å²) in [7, 11) is 0. The minimum absolute atomic E-state index is 0.323. The van der Waals surface area contributed by atoms with Crippen LogP contribution < -0.4 is 5.32 Å². The average molecular weight is 294 g/mol. The first-order valence-corrected chi connectivity index (χ1v) is 6.72. The molecule has 0 radical (unpaired) electrons. The van der Waals surface area contributed by atoms with Crippen LogP contribution in [0.5, 0.6) is 0 Å². The molecule has 0 saturated heterocycles. The van der Waals surface area contributed by atoms with Crippen LogP contribution in [0.2, 0.25) is 0 Å². The molecule has 0 aliphatic heterocycles. The Morgan fingerprint density at radius 3 is 2.50 bits per heavy atom. The summed E-state index contributed by atoms with van der Waals surface area (Å²) < 4.78 is 24.4. The van der Waals surface area contributed by atoms with Crippen LogP contribution in [0, 0.1) is 6.92 Å². The number of aryl methyl sites for hydroxylation is 1. The number of carbonyl (C=O) groups is 1. The Balaban J connectivity index is 2.06. The van der Waals surface area contributed by atoms with Gasteiger partial charge in [-0.3, -0.25) is 4.79 Å². The Kier molecular flexibility index (Phi) is 4.68. The molecule has 0 unspecified atom stereocenters. The fraction of sp³-hybridized carbons (Fsp3) is 0.143. The highest BCUT2D eigenvalue weighted by Crippen LogP contribution is 2.25. The lowest BCUT2D eigenvalue weighted by Crippen LogP contribution is -2.13. The van der Waals surface area contributed by atoms with Gasteiger partial charge in [0.25, 0.3) is 11.7 Å². The number of benzene rings is 1. The summed E-state index contributed by atoms with van der Waals surface area (Å²) in [5.41, 5.74) is 1.19. The van der Waals surface area contributed by atoms with Crippen molar-refractivity contribution in [2.45, 2.75) is 17.6 Å². The molecule has 0 bridgehead atoms. The lowest BCUT2D eigenvalue weighted by molar-refractivity contribution is 0.102. The quantitative estimate of drug-likeness (QED) is 0.868. The number of hydrogen-bond acceptors (Lipinski definition) is 3. The largest absolute Gasteiger partial charge is 0.307 e. The number of halogens is 2. The Labute approximate surface area is 119 Å². The van der Waals surface area contributed by atoms with Crippen molar-refractivity contribution in [2.24, 2.45) is 0 Å². The average Bonchev–Trinajstić information content (AvgIpc) is 2.38. The summed E-state index contributed by atoms with van der Waals surface area (Å²) in [6, 6.07) is 11.3. The van der Waals surface area contributed by atoms with Crippen molar-refractivity contribution in [3.63, 3.8) is 0 Å². The van der Waals surface area contributed by atoms with Crippen LogP contribution in [0.3, 0.4) is 0 Å². The molecular weight excluding hydrogens is 282 g/mol. The Morgan fingerprint density at radius 1 is 1.20 bits per heavy atom. The number of hydrogen-bond donors (Lipinski definition) is 1. The van der Waals surface area contributed by atoms with Crippen molar-refractivity contribution < 1.29 is 13.6 Å². The van der Waals surface area contributed by atoms with Gasteiger partial charge in [-0.15, -0.1) is 0 Å². The van der Waals surface area contributed by atoms with Crippen LogP contribution >= 0.6 is 11.8 Å². The number of carbonyl (C=O) groups excluding carboxylic acids is 1. The second-order valence-corrected chi connectivity index (χ2v) is 5.08. The van der Waals surface area contributed by atoms with E-state index in [2.05, 4.69) is 10.3 Å². The molecule has 104 valence electrons. The summed E-state index contributed by atoms with van der Waals surface area (Å²) in [5, 5.41) is 2.65. The molecular formula is C14H12F2N2OS. The number of rotatable bonds is 4. The fourth-order valence-corrected chi connectivity index (χ4v) is 2.09. The summed E-state index contributed by atoms with van der Waals surface area (Å²) in [6.07, 6.45) is 0. The highest BCUT2D eigenvalue weighted by molar-refractivity contribution is 7.99. The van der Waals surface area contributed by atoms with Gasteiger partial charge >= 0.3 is 0 Å². The number of amides is 1. The summed E-state index contributed by atoms with van der Waals surface area (Å²) >= 11 is 0.447. The van der Waals surface area contributed by atoms with Gasteiger partial charge in [-0.2, -0.15) is 8.78 Å². The van der Waals surface area contributed by atoms with Crippen molar-refractivity contribution >= 4 is 23.5 Å². The van der Waals surface area contributed by atoms with Crippen LogP contribution in [0.4, 0.5) is 14.6 Å². The molecule has 6 heteroatoms. The van der Waals surface area contributed by atoms with Crippen molar-refractivity contribution in [2.75, 3.05) is 5.32 Å². The van der Waals surface area contributed by atoms with Crippen LogP contribution in [0.25, 0.3) is 0 Å². The van der Waals surface area contributed by atoms with E-state index < -0.39 is 5.76 Å². The Bertz CT molecular complexity index is 602. The third-order valence-electron chi connectivity index (χ3n) is 2.47. The lowest BCUT2D eigenvalue weighted by Gasteiger charge is -2.06.